The number of piperidine rings is 1. The molecule has 0 spiro atoms. The zero-order valence-electron chi connectivity index (χ0n) is 27.6. The lowest BCUT2D eigenvalue weighted by molar-refractivity contribution is -0.169. The van der Waals surface area contributed by atoms with Gasteiger partial charge in [0.25, 0.3) is 0 Å². The zero-order valence-corrected chi connectivity index (χ0v) is 27.6. The highest BCUT2D eigenvalue weighted by atomic mass is 16.6. The number of amides is 1. The minimum absolute atomic E-state index is 0.0238. The first kappa shape index (κ1) is 38.2. The number of Topliss-reactive ketones (excluding diaryl/α,β-unsaturated/α-hetero) is 1. The fourth-order valence-corrected chi connectivity index (χ4v) is 6.89. The SMILES string of the molecule is C=C.CCC(=O)N1CCC([C@@H]2COC(=O)[C@H](C)C(=O)[C@H](C)C[C@](C)(O)C[C@@H](C)CN2C)CC1.C[C@H]1C[C@@H](C)O[C@@H](O)C1. The molecular formula is C33H60N2O7. The van der Waals surface area contributed by atoms with Crippen LogP contribution in [0.15, 0.2) is 13.2 Å². The number of nitrogens with zero attached hydrogens (tertiary/aromatic N) is 2. The largest absolute Gasteiger partial charge is 0.463 e. The van der Waals surface area contributed by atoms with Crippen molar-refractivity contribution in [1.29, 1.82) is 0 Å². The third-order valence-corrected chi connectivity index (χ3v) is 8.83. The van der Waals surface area contributed by atoms with Crippen molar-refractivity contribution in [3.63, 3.8) is 0 Å². The van der Waals surface area contributed by atoms with Gasteiger partial charge in [-0.3, -0.25) is 19.3 Å². The molecule has 0 aromatic rings. The first-order valence-electron chi connectivity index (χ1n) is 15.9. The standard InChI is InChI=1S/C24H42N2O5.C7H14O2.C2H4/c1-7-21(27)26-10-8-19(9-11-26)20-15-31-23(29)18(4)22(28)17(3)13-24(5,30)12-16(2)14-25(20)6;1-5-3-6(2)9-7(8)4-5;1-2/h16-20,30H,7-15H2,1-6H3;5-8H,3-4H2,1-2H3;1-2H2/t16-,17-,18-,20+,24-;5-,6+,7+;/m10./s1. The summed E-state index contributed by atoms with van der Waals surface area (Å²) in [6.07, 6.45) is 4.80. The molecule has 0 unspecified atom stereocenters. The van der Waals surface area contributed by atoms with Gasteiger partial charge >= 0.3 is 5.97 Å². The number of ketones is 1. The van der Waals surface area contributed by atoms with Gasteiger partial charge in [0.15, 0.2) is 6.29 Å². The highest BCUT2D eigenvalue weighted by Gasteiger charge is 2.37. The van der Waals surface area contributed by atoms with Gasteiger partial charge in [0, 0.05) is 44.4 Å². The number of aliphatic hydroxyl groups excluding tert-OH is 1. The molecule has 3 aliphatic rings. The summed E-state index contributed by atoms with van der Waals surface area (Å²) >= 11 is 0. The molecule has 2 N–H and O–H groups in total. The number of carbonyl (C=O) groups excluding carboxylic acids is 3. The first-order valence-corrected chi connectivity index (χ1v) is 15.9. The second kappa shape index (κ2) is 18.1. The molecule has 3 saturated heterocycles. The van der Waals surface area contributed by atoms with Crippen molar-refractivity contribution in [2.45, 2.75) is 117 Å². The maximum Gasteiger partial charge on any atom is 0.316 e. The smallest absolute Gasteiger partial charge is 0.316 e. The molecule has 9 heteroatoms. The van der Waals surface area contributed by atoms with Gasteiger partial charge in [-0.2, -0.15) is 0 Å². The normalized spacial score (nSPS) is 36.0. The Bertz CT molecular complexity index is 817. The minimum atomic E-state index is -0.964. The number of aliphatic hydroxyl groups is 2. The predicted molar refractivity (Wildman–Crippen MR) is 166 cm³/mol. The van der Waals surface area contributed by atoms with E-state index in [2.05, 4.69) is 31.9 Å². The van der Waals surface area contributed by atoms with E-state index < -0.39 is 29.7 Å². The second-order valence-electron chi connectivity index (χ2n) is 13.2. The maximum atomic E-state index is 12.7. The van der Waals surface area contributed by atoms with E-state index in [9.17, 15) is 19.5 Å². The van der Waals surface area contributed by atoms with Gasteiger partial charge < -0.3 is 24.6 Å². The Balaban J connectivity index is 0.000000673. The van der Waals surface area contributed by atoms with Crippen LogP contribution in [0.3, 0.4) is 0 Å². The summed E-state index contributed by atoms with van der Waals surface area (Å²) in [6, 6.07) is 0.0238. The molecule has 3 fully saturated rings. The van der Waals surface area contributed by atoms with Crippen molar-refractivity contribution in [3.05, 3.63) is 13.2 Å². The lowest BCUT2D eigenvalue weighted by atomic mass is 9.81. The molecule has 0 aromatic heterocycles. The van der Waals surface area contributed by atoms with E-state index in [-0.39, 0.29) is 36.4 Å². The van der Waals surface area contributed by atoms with Crippen LogP contribution in [0, 0.1) is 29.6 Å². The number of carbonyl (C=O) groups is 3. The number of likely N-dealkylation sites (N-methyl/N-ethyl adjacent to an activating group) is 1. The molecule has 244 valence electrons. The summed E-state index contributed by atoms with van der Waals surface area (Å²) in [7, 11) is 2.05. The van der Waals surface area contributed by atoms with E-state index in [1.807, 2.05) is 25.8 Å². The summed E-state index contributed by atoms with van der Waals surface area (Å²) in [5, 5.41) is 19.9. The van der Waals surface area contributed by atoms with E-state index in [1.54, 1.807) is 20.8 Å². The van der Waals surface area contributed by atoms with Crippen LogP contribution in [0.2, 0.25) is 0 Å². The molecule has 3 rings (SSSR count). The zero-order chi connectivity index (χ0) is 32.2. The average Bonchev–Trinajstić information content (AvgIpc) is 2.91. The molecule has 9 nitrogen and oxygen atoms in total. The molecule has 1 amide bonds. The average molecular weight is 597 g/mol. The third kappa shape index (κ3) is 12.4. The molecule has 0 aliphatic carbocycles. The molecule has 0 bridgehead atoms. The number of likely N-dealkylation sites (tertiary alicyclic amines) is 1. The topological polar surface area (TPSA) is 117 Å². The van der Waals surface area contributed by atoms with Gasteiger partial charge in [0.1, 0.15) is 18.3 Å². The van der Waals surface area contributed by atoms with Crippen LogP contribution in [0.1, 0.15) is 93.4 Å². The van der Waals surface area contributed by atoms with Crippen LogP contribution in [-0.2, 0) is 23.9 Å². The summed E-state index contributed by atoms with van der Waals surface area (Å²) in [5.41, 5.74) is -0.964. The van der Waals surface area contributed by atoms with Crippen LogP contribution in [0.5, 0.6) is 0 Å². The molecule has 0 saturated carbocycles. The van der Waals surface area contributed by atoms with Crippen molar-refractivity contribution in [3.8, 4) is 0 Å². The Morgan fingerprint density at radius 3 is 2.14 bits per heavy atom. The van der Waals surface area contributed by atoms with Gasteiger partial charge in [-0.1, -0.05) is 27.7 Å². The van der Waals surface area contributed by atoms with Crippen LogP contribution >= 0.6 is 0 Å². The van der Waals surface area contributed by atoms with E-state index in [4.69, 9.17) is 14.6 Å². The molecular weight excluding hydrogens is 536 g/mol. The molecule has 8 atom stereocenters. The van der Waals surface area contributed by atoms with Crippen LogP contribution < -0.4 is 0 Å². The number of hydrogen-bond acceptors (Lipinski definition) is 8. The highest BCUT2D eigenvalue weighted by molar-refractivity contribution is 5.99. The van der Waals surface area contributed by atoms with Crippen LogP contribution in [0.4, 0.5) is 0 Å². The Morgan fingerprint density at radius 2 is 1.62 bits per heavy atom. The number of cyclic esters (lactones) is 1. The van der Waals surface area contributed by atoms with Gasteiger partial charge in [-0.25, -0.2) is 0 Å². The van der Waals surface area contributed by atoms with Crippen molar-refractivity contribution >= 4 is 17.7 Å². The van der Waals surface area contributed by atoms with Crippen LogP contribution in [-0.4, -0.2) is 95.0 Å². The fraction of sp³-hybridized carbons (Fsp3) is 0.848. The van der Waals surface area contributed by atoms with Crippen molar-refractivity contribution in [2.24, 2.45) is 29.6 Å². The monoisotopic (exact) mass is 596 g/mol. The molecule has 3 heterocycles. The van der Waals surface area contributed by atoms with Gasteiger partial charge in [0.2, 0.25) is 5.91 Å². The molecule has 0 radical (unpaired) electrons. The van der Waals surface area contributed by atoms with Crippen molar-refractivity contribution < 1.29 is 34.1 Å². The van der Waals surface area contributed by atoms with E-state index in [0.29, 0.717) is 31.1 Å². The summed E-state index contributed by atoms with van der Waals surface area (Å²) in [6.45, 7) is 21.8. The van der Waals surface area contributed by atoms with Gasteiger partial charge in [0.05, 0.1) is 11.7 Å². The van der Waals surface area contributed by atoms with E-state index in [1.165, 1.54) is 0 Å². The second-order valence-corrected chi connectivity index (χ2v) is 13.2. The minimum Gasteiger partial charge on any atom is -0.463 e. The molecule has 3 aliphatic heterocycles. The molecule has 0 aromatic carbocycles. The Kier molecular flexibility index (Phi) is 16.5. The predicted octanol–water partition coefficient (Wildman–Crippen LogP) is 4.44. The third-order valence-electron chi connectivity index (χ3n) is 8.83. The number of rotatable bonds is 2. The Morgan fingerprint density at radius 1 is 1.02 bits per heavy atom. The number of esters is 1. The summed E-state index contributed by atoms with van der Waals surface area (Å²) in [5.74, 6) is -0.566. The summed E-state index contributed by atoms with van der Waals surface area (Å²) < 4.78 is 10.8. The number of ether oxygens (including phenoxy) is 2. The Hall–Kier alpha value is -1.81. The number of hydrogen-bond donors (Lipinski definition) is 2. The van der Waals surface area contributed by atoms with Gasteiger partial charge in [-0.15, -0.1) is 13.2 Å². The van der Waals surface area contributed by atoms with Crippen LogP contribution in [0.25, 0.3) is 0 Å². The van der Waals surface area contributed by atoms with Crippen molar-refractivity contribution in [2.75, 3.05) is 33.3 Å². The quantitative estimate of drug-likeness (QED) is 0.273. The van der Waals surface area contributed by atoms with Gasteiger partial charge in [-0.05, 0) is 77.7 Å². The maximum absolute atomic E-state index is 12.7. The van der Waals surface area contributed by atoms with Crippen molar-refractivity contribution in [1.82, 2.24) is 9.80 Å². The lowest BCUT2D eigenvalue weighted by Crippen LogP contribution is -2.49. The lowest BCUT2D eigenvalue weighted by Gasteiger charge is -2.40. The van der Waals surface area contributed by atoms with E-state index >= 15 is 0 Å². The highest BCUT2D eigenvalue weighted by Crippen LogP contribution is 2.30. The Labute approximate surface area is 255 Å². The fourth-order valence-electron chi connectivity index (χ4n) is 6.89. The summed E-state index contributed by atoms with van der Waals surface area (Å²) in [4.78, 5) is 41.6. The molecule has 42 heavy (non-hydrogen) atoms. The van der Waals surface area contributed by atoms with E-state index in [0.717, 1.165) is 45.3 Å². The first-order chi connectivity index (χ1) is 19.6.